The Labute approximate surface area is 141 Å². The van der Waals surface area contributed by atoms with Gasteiger partial charge in [-0.2, -0.15) is 0 Å². The Morgan fingerprint density at radius 3 is 2.33 bits per heavy atom. The molecule has 2 aliphatic rings. The van der Waals surface area contributed by atoms with Gasteiger partial charge in [-0.1, -0.05) is 66.7 Å². The third kappa shape index (κ3) is 1.48. The summed E-state index contributed by atoms with van der Waals surface area (Å²) in [5.74, 6) is 0.251. The Bertz CT molecular complexity index is 962. The van der Waals surface area contributed by atoms with E-state index in [4.69, 9.17) is 0 Å². The van der Waals surface area contributed by atoms with Crippen molar-refractivity contribution in [3.63, 3.8) is 0 Å². The maximum Gasteiger partial charge on any atom is 0.259 e. The van der Waals surface area contributed by atoms with Crippen LogP contribution in [0.25, 0.3) is 0 Å². The second kappa shape index (κ2) is 4.57. The van der Waals surface area contributed by atoms with E-state index < -0.39 is 0 Å². The first kappa shape index (κ1) is 13.6. The average molecular weight is 311 g/mol. The molecule has 0 bridgehead atoms. The van der Waals surface area contributed by atoms with Crippen LogP contribution in [0.2, 0.25) is 0 Å². The molecule has 0 unspecified atom stereocenters. The van der Waals surface area contributed by atoms with Crippen molar-refractivity contribution in [3.05, 3.63) is 101 Å². The third-order valence-electron chi connectivity index (χ3n) is 5.55. The number of nitrogens with zero attached hydrogens (tertiary/aromatic N) is 1. The Kier molecular flexibility index (Phi) is 2.58. The first-order valence-corrected chi connectivity index (χ1v) is 8.31. The number of para-hydroxylation sites is 1. The zero-order chi connectivity index (χ0) is 16.3. The van der Waals surface area contributed by atoms with Gasteiger partial charge in [-0.15, -0.1) is 0 Å². The van der Waals surface area contributed by atoms with Crippen LogP contribution in [-0.2, 0) is 5.54 Å². The van der Waals surface area contributed by atoms with E-state index in [1.807, 2.05) is 35.2 Å². The highest BCUT2D eigenvalue weighted by molar-refractivity contribution is 6.14. The summed E-state index contributed by atoms with van der Waals surface area (Å²) in [5, 5.41) is 0. The van der Waals surface area contributed by atoms with Crippen molar-refractivity contribution < 1.29 is 4.79 Å². The van der Waals surface area contributed by atoms with Crippen LogP contribution in [0.15, 0.2) is 78.9 Å². The second-order valence-corrected chi connectivity index (χ2v) is 6.74. The molecule has 0 N–H and O–H groups in total. The molecule has 2 atom stereocenters. The number of hydrogen-bond donors (Lipinski definition) is 0. The Morgan fingerprint density at radius 2 is 1.50 bits per heavy atom. The van der Waals surface area contributed by atoms with Crippen LogP contribution in [-0.4, -0.2) is 5.91 Å². The number of amides is 1. The lowest BCUT2D eigenvalue weighted by atomic mass is 9.75. The van der Waals surface area contributed by atoms with E-state index in [9.17, 15) is 4.79 Å². The normalized spacial score (nSPS) is 23.8. The van der Waals surface area contributed by atoms with Crippen molar-refractivity contribution in [1.29, 1.82) is 0 Å². The predicted octanol–water partition coefficient (Wildman–Crippen LogP) is 4.71. The topological polar surface area (TPSA) is 20.3 Å². The highest BCUT2D eigenvalue weighted by Crippen LogP contribution is 2.59. The summed E-state index contributed by atoms with van der Waals surface area (Å²) in [4.78, 5) is 15.2. The van der Waals surface area contributed by atoms with Crippen molar-refractivity contribution in [2.75, 3.05) is 4.90 Å². The second-order valence-electron chi connectivity index (χ2n) is 6.74. The highest BCUT2D eigenvalue weighted by atomic mass is 16.2. The summed E-state index contributed by atoms with van der Waals surface area (Å²) in [6.07, 6.45) is 0. The molecule has 2 heteroatoms. The third-order valence-corrected chi connectivity index (χ3v) is 5.55. The molecule has 2 aliphatic heterocycles. The SMILES string of the molecule is C[C@@]12c3ccccc3C(=O)N1c1ccccc1[C@@H]2c1ccccc1. The van der Waals surface area contributed by atoms with Gasteiger partial charge in [-0.05, 0) is 35.7 Å². The van der Waals surface area contributed by atoms with Crippen LogP contribution in [0, 0.1) is 0 Å². The fourth-order valence-electron chi connectivity index (χ4n) is 4.59. The van der Waals surface area contributed by atoms with Crippen LogP contribution < -0.4 is 4.90 Å². The van der Waals surface area contributed by atoms with Gasteiger partial charge in [0.05, 0.1) is 5.54 Å². The molecular formula is C22H17NO. The minimum absolute atomic E-state index is 0.110. The lowest BCUT2D eigenvalue weighted by Crippen LogP contribution is -2.41. The molecule has 0 aromatic heterocycles. The van der Waals surface area contributed by atoms with Crippen molar-refractivity contribution in [2.45, 2.75) is 18.4 Å². The minimum atomic E-state index is -0.376. The van der Waals surface area contributed by atoms with Gasteiger partial charge in [0.25, 0.3) is 5.91 Å². The van der Waals surface area contributed by atoms with Gasteiger partial charge in [-0.25, -0.2) is 0 Å². The van der Waals surface area contributed by atoms with Gasteiger partial charge < -0.3 is 0 Å². The van der Waals surface area contributed by atoms with E-state index in [-0.39, 0.29) is 17.4 Å². The summed E-state index contributed by atoms with van der Waals surface area (Å²) in [5.41, 5.74) is 5.10. The van der Waals surface area contributed by atoms with E-state index in [0.29, 0.717) is 0 Å². The smallest absolute Gasteiger partial charge is 0.259 e. The molecule has 0 saturated heterocycles. The molecule has 0 saturated carbocycles. The molecule has 3 aromatic rings. The van der Waals surface area contributed by atoms with Crippen molar-refractivity contribution in [1.82, 2.24) is 0 Å². The van der Waals surface area contributed by atoms with Crippen molar-refractivity contribution >= 4 is 11.6 Å². The quantitative estimate of drug-likeness (QED) is 0.637. The molecule has 0 spiro atoms. The van der Waals surface area contributed by atoms with E-state index in [0.717, 1.165) is 16.8 Å². The van der Waals surface area contributed by atoms with Gasteiger partial charge in [0.2, 0.25) is 0 Å². The Morgan fingerprint density at radius 1 is 0.833 bits per heavy atom. The van der Waals surface area contributed by atoms with Crippen LogP contribution in [0.1, 0.15) is 39.9 Å². The molecule has 0 aliphatic carbocycles. The van der Waals surface area contributed by atoms with Gasteiger partial charge in [-0.3, -0.25) is 9.69 Å². The van der Waals surface area contributed by atoms with Gasteiger partial charge in [0.15, 0.2) is 0 Å². The molecule has 1 amide bonds. The number of hydrogen-bond acceptors (Lipinski definition) is 1. The van der Waals surface area contributed by atoms with E-state index in [2.05, 4.69) is 55.5 Å². The molecule has 2 nitrogen and oxygen atoms in total. The largest absolute Gasteiger partial charge is 0.297 e. The lowest BCUT2D eigenvalue weighted by molar-refractivity contribution is 0.0981. The Hall–Kier alpha value is -2.87. The average Bonchev–Trinajstić information content (AvgIpc) is 3.03. The van der Waals surface area contributed by atoms with Crippen LogP contribution in [0.3, 0.4) is 0 Å². The molecular weight excluding hydrogens is 294 g/mol. The van der Waals surface area contributed by atoms with E-state index in [1.54, 1.807) is 0 Å². The fraction of sp³-hybridized carbons (Fsp3) is 0.136. The molecule has 116 valence electrons. The Balaban J connectivity index is 1.85. The summed E-state index contributed by atoms with van der Waals surface area (Å²) in [6.45, 7) is 2.20. The molecule has 24 heavy (non-hydrogen) atoms. The maximum atomic E-state index is 13.1. The summed E-state index contributed by atoms with van der Waals surface area (Å²) in [7, 11) is 0. The monoisotopic (exact) mass is 311 g/mol. The highest BCUT2D eigenvalue weighted by Gasteiger charge is 2.57. The molecule has 0 radical (unpaired) electrons. The number of anilines is 1. The maximum absolute atomic E-state index is 13.1. The number of carbonyl (C=O) groups excluding carboxylic acids is 1. The molecule has 5 rings (SSSR count). The number of rotatable bonds is 1. The zero-order valence-electron chi connectivity index (χ0n) is 13.4. The first-order valence-electron chi connectivity index (χ1n) is 8.31. The number of carbonyl (C=O) groups is 1. The number of fused-ring (bicyclic) bond motifs is 5. The van der Waals surface area contributed by atoms with Gasteiger partial charge in [0, 0.05) is 17.2 Å². The van der Waals surface area contributed by atoms with Gasteiger partial charge >= 0.3 is 0 Å². The first-order chi connectivity index (χ1) is 11.7. The lowest BCUT2D eigenvalue weighted by Gasteiger charge is -2.35. The molecule has 3 aromatic carbocycles. The zero-order valence-corrected chi connectivity index (χ0v) is 13.4. The van der Waals surface area contributed by atoms with Gasteiger partial charge in [0.1, 0.15) is 0 Å². The molecule has 2 heterocycles. The van der Waals surface area contributed by atoms with Crippen LogP contribution in [0.5, 0.6) is 0 Å². The van der Waals surface area contributed by atoms with Crippen LogP contribution >= 0.6 is 0 Å². The summed E-state index contributed by atoms with van der Waals surface area (Å²) >= 11 is 0. The van der Waals surface area contributed by atoms with Crippen molar-refractivity contribution in [2.24, 2.45) is 0 Å². The number of benzene rings is 3. The standard InChI is InChI=1S/C22H17NO/c1-22-18-13-7-5-11-16(18)21(24)23(22)19-14-8-6-12-17(19)20(22)15-9-3-2-4-10-15/h2-14,20H,1H3/t20-,22-/m0/s1. The minimum Gasteiger partial charge on any atom is -0.297 e. The van der Waals surface area contributed by atoms with Crippen LogP contribution in [0.4, 0.5) is 5.69 Å². The fourth-order valence-corrected chi connectivity index (χ4v) is 4.59. The van der Waals surface area contributed by atoms with E-state index in [1.165, 1.54) is 11.1 Å². The molecule has 0 fully saturated rings. The van der Waals surface area contributed by atoms with Crippen molar-refractivity contribution in [3.8, 4) is 0 Å². The summed E-state index contributed by atoms with van der Waals surface area (Å²) in [6, 6.07) is 26.9. The summed E-state index contributed by atoms with van der Waals surface area (Å²) < 4.78 is 0. The predicted molar refractivity (Wildman–Crippen MR) is 95.3 cm³/mol. The van der Waals surface area contributed by atoms with E-state index >= 15 is 0 Å².